The fourth-order valence-electron chi connectivity index (χ4n) is 3.57. The van der Waals surface area contributed by atoms with Crippen molar-refractivity contribution in [3.05, 3.63) is 59.4 Å². The van der Waals surface area contributed by atoms with Gasteiger partial charge in [0.2, 0.25) is 11.5 Å². The van der Waals surface area contributed by atoms with Gasteiger partial charge in [-0.3, -0.25) is 10.2 Å². The van der Waals surface area contributed by atoms with Crippen molar-refractivity contribution in [3.63, 3.8) is 0 Å². The molecule has 0 saturated heterocycles. The Morgan fingerprint density at radius 2 is 2.10 bits per heavy atom. The van der Waals surface area contributed by atoms with Gasteiger partial charge in [-0.15, -0.1) is 10.2 Å². The van der Waals surface area contributed by atoms with E-state index >= 15 is 0 Å². The molecule has 200 valence electrons. The van der Waals surface area contributed by atoms with E-state index in [1.807, 2.05) is 31.2 Å². The van der Waals surface area contributed by atoms with Gasteiger partial charge < -0.3 is 14.3 Å². The Hall–Kier alpha value is -5.32. The summed E-state index contributed by atoms with van der Waals surface area (Å²) >= 11 is 0. The van der Waals surface area contributed by atoms with Crippen LogP contribution in [0.15, 0.2) is 57.8 Å². The van der Waals surface area contributed by atoms with Crippen LogP contribution < -0.4 is 14.9 Å². The number of carbonyl (C=O) groups is 1. The molecule has 1 aromatic heterocycles. The summed E-state index contributed by atoms with van der Waals surface area (Å²) in [6.07, 6.45) is 3.00. The fraction of sp³-hybridized carbons (Fsp3) is 0.280. The Morgan fingerprint density at radius 1 is 1.26 bits per heavy atom. The van der Waals surface area contributed by atoms with Crippen molar-refractivity contribution in [2.24, 2.45) is 15.4 Å². The minimum absolute atomic E-state index is 0.0168. The number of rotatable bonds is 11. The molecule has 0 aliphatic carbocycles. The molecule has 14 heteroatoms. The van der Waals surface area contributed by atoms with Crippen LogP contribution in [0.1, 0.15) is 36.7 Å². The zero-order chi connectivity index (χ0) is 27.5. The van der Waals surface area contributed by atoms with Crippen LogP contribution in [0.4, 0.5) is 5.69 Å². The van der Waals surface area contributed by atoms with Crippen LogP contribution >= 0.6 is 0 Å². The molecule has 0 spiro atoms. The van der Waals surface area contributed by atoms with Crippen molar-refractivity contribution in [1.29, 1.82) is 5.26 Å². The number of oxime groups is 1. The third kappa shape index (κ3) is 7.13. The highest BCUT2D eigenvalue weighted by molar-refractivity contribution is 6.09. The number of hydrazone groups is 2. The van der Waals surface area contributed by atoms with Crippen molar-refractivity contribution in [1.82, 2.24) is 25.6 Å². The normalized spacial score (nSPS) is 13.5. The number of ether oxygens (including phenoxy) is 2. The average molecular weight is 531 g/mol. The Bertz CT molecular complexity index is 1400. The van der Waals surface area contributed by atoms with Gasteiger partial charge in [0.05, 0.1) is 31.3 Å². The van der Waals surface area contributed by atoms with E-state index in [1.54, 1.807) is 31.4 Å². The fourth-order valence-corrected chi connectivity index (χ4v) is 3.57. The van der Waals surface area contributed by atoms with Gasteiger partial charge in [0.25, 0.3) is 5.91 Å². The molecule has 2 aromatic carbocycles. The molecule has 2 heterocycles. The topological polar surface area (TPSA) is 175 Å². The van der Waals surface area contributed by atoms with E-state index in [9.17, 15) is 4.79 Å². The van der Waals surface area contributed by atoms with E-state index < -0.39 is 0 Å². The molecular weight excluding hydrogens is 504 g/mol. The van der Waals surface area contributed by atoms with Gasteiger partial charge in [0.15, 0.2) is 18.1 Å². The third-order valence-electron chi connectivity index (χ3n) is 5.44. The Morgan fingerprint density at radius 3 is 2.82 bits per heavy atom. The summed E-state index contributed by atoms with van der Waals surface area (Å²) in [5.74, 6) is 1.07. The van der Waals surface area contributed by atoms with Crippen LogP contribution in [-0.2, 0) is 9.63 Å². The van der Waals surface area contributed by atoms with Crippen LogP contribution in [0, 0.1) is 11.3 Å². The molecule has 0 saturated carbocycles. The Balaban J connectivity index is 1.30. The molecule has 0 unspecified atom stereocenters. The Kier molecular flexibility index (Phi) is 9.11. The molecule has 1 amide bonds. The lowest BCUT2D eigenvalue weighted by Crippen LogP contribution is -2.34. The molecule has 0 atom stereocenters. The molecule has 0 radical (unpaired) electrons. The largest absolute Gasteiger partial charge is 0.493 e. The highest BCUT2D eigenvalue weighted by Crippen LogP contribution is 2.29. The minimum Gasteiger partial charge on any atom is -0.493 e. The second-order valence-electron chi connectivity index (χ2n) is 8.02. The molecule has 1 aliphatic heterocycles. The summed E-state index contributed by atoms with van der Waals surface area (Å²) < 4.78 is 11.0. The summed E-state index contributed by atoms with van der Waals surface area (Å²) in [6, 6.07) is 14.5. The highest BCUT2D eigenvalue weighted by Gasteiger charge is 2.20. The molecule has 14 nitrogen and oxygen atoms in total. The lowest BCUT2D eigenvalue weighted by Gasteiger charge is -2.23. The molecule has 0 fully saturated rings. The van der Waals surface area contributed by atoms with E-state index in [0.29, 0.717) is 30.3 Å². The summed E-state index contributed by atoms with van der Waals surface area (Å²) in [6.45, 7) is 2.67. The van der Waals surface area contributed by atoms with Crippen LogP contribution in [-0.4, -0.2) is 76.0 Å². The lowest BCUT2D eigenvalue weighted by atomic mass is 10.0. The number of tetrazole rings is 1. The molecule has 2 N–H and O–H groups in total. The standard InChI is InChI=1S/C25H26N10O4/c1-3-38-23-13-18(8-11-22(23)37-2)20-5-4-12-35(32-20)24(36)16-39-27-15-17-6-9-19(10-7-17)28-29-21(14-26)25-30-33-34-31-25/h6-11,13,15,28H,3-5,12,16H2,1-2H3,(H,30,31,33,34). The zero-order valence-electron chi connectivity index (χ0n) is 21.4. The smallest absolute Gasteiger partial charge is 0.283 e. The Labute approximate surface area is 223 Å². The van der Waals surface area contributed by atoms with E-state index in [0.717, 1.165) is 29.7 Å². The second kappa shape index (κ2) is 13.3. The van der Waals surface area contributed by atoms with Crippen LogP contribution in [0.5, 0.6) is 11.5 Å². The number of nitrogens with zero attached hydrogens (tertiary/aromatic N) is 8. The van der Waals surface area contributed by atoms with Crippen molar-refractivity contribution in [2.45, 2.75) is 19.8 Å². The number of methoxy groups -OCH3 is 1. The summed E-state index contributed by atoms with van der Waals surface area (Å²) in [7, 11) is 1.59. The minimum atomic E-state index is -0.296. The number of amides is 1. The molecule has 3 aromatic rings. The molecule has 39 heavy (non-hydrogen) atoms. The van der Waals surface area contributed by atoms with E-state index in [4.69, 9.17) is 19.6 Å². The van der Waals surface area contributed by atoms with Crippen molar-refractivity contribution in [3.8, 4) is 17.6 Å². The van der Waals surface area contributed by atoms with Crippen LogP contribution in [0.3, 0.4) is 0 Å². The summed E-state index contributed by atoms with van der Waals surface area (Å²) in [4.78, 5) is 17.9. The van der Waals surface area contributed by atoms with Crippen molar-refractivity contribution >= 4 is 29.2 Å². The van der Waals surface area contributed by atoms with Gasteiger partial charge >= 0.3 is 0 Å². The highest BCUT2D eigenvalue weighted by atomic mass is 16.6. The van der Waals surface area contributed by atoms with Gasteiger partial charge in [-0.1, -0.05) is 17.3 Å². The van der Waals surface area contributed by atoms with Gasteiger partial charge in [-0.2, -0.15) is 20.7 Å². The quantitative estimate of drug-likeness (QED) is 0.278. The van der Waals surface area contributed by atoms with Crippen molar-refractivity contribution in [2.75, 3.05) is 32.3 Å². The van der Waals surface area contributed by atoms with Gasteiger partial charge in [-0.25, -0.2) is 5.01 Å². The SMILES string of the molecule is CCOc1cc(C2=NN(C(=O)CON=Cc3ccc(NN=C(C#N)c4nn[nH]n4)cc3)CCC2)ccc1OC. The third-order valence-corrected chi connectivity index (χ3v) is 5.44. The first-order chi connectivity index (χ1) is 19.1. The monoisotopic (exact) mass is 530 g/mol. The number of anilines is 1. The molecule has 1 aliphatic rings. The number of hydrogen-bond donors (Lipinski definition) is 2. The number of aromatic amines is 1. The molecular formula is C25H26N10O4. The first kappa shape index (κ1) is 26.7. The van der Waals surface area contributed by atoms with Crippen LogP contribution in [0.2, 0.25) is 0 Å². The molecule has 4 rings (SSSR count). The van der Waals surface area contributed by atoms with Gasteiger partial charge in [0.1, 0.15) is 6.07 Å². The first-order valence-corrected chi connectivity index (χ1v) is 12.0. The number of hydrogen-bond acceptors (Lipinski definition) is 12. The van der Waals surface area contributed by atoms with Crippen LogP contribution in [0.25, 0.3) is 0 Å². The maximum atomic E-state index is 12.7. The lowest BCUT2D eigenvalue weighted by molar-refractivity contribution is -0.136. The number of nitrogens with one attached hydrogen (secondary N) is 2. The first-order valence-electron chi connectivity index (χ1n) is 12.0. The van der Waals surface area contributed by atoms with E-state index in [-0.39, 0.29) is 24.1 Å². The number of carbonyl (C=O) groups excluding carboxylic acids is 1. The zero-order valence-corrected chi connectivity index (χ0v) is 21.4. The average Bonchev–Trinajstić information content (AvgIpc) is 3.51. The van der Waals surface area contributed by atoms with Gasteiger partial charge in [-0.05, 0) is 60.9 Å². The predicted octanol–water partition coefficient (Wildman–Crippen LogP) is 2.32. The number of aromatic nitrogens is 4. The maximum absolute atomic E-state index is 12.7. The maximum Gasteiger partial charge on any atom is 0.283 e. The van der Waals surface area contributed by atoms with E-state index in [2.05, 4.69) is 41.4 Å². The number of benzene rings is 2. The second-order valence-corrected chi connectivity index (χ2v) is 8.02. The van der Waals surface area contributed by atoms with Gasteiger partial charge in [0, 0.05) is 12.1 Å². The summed E-state index contributed by atoms with van der Waals surface area (Å²) in [5.41, 5.74) is 5.76. The predicted molar refractivity (Wildman–Crippen MR) is 142 cm³/mol. The number of H-pyrrole nitrogens is 1. The number of nitriles is 1. The summed E-state index contributed by atoms with van der Waals surface area (Å²) in [5, 5.41) is 36.0. The van der Waals surface area contributed by atoms with E-state index in [1.165, 1.54) is 11.2 Å². The van der Waals surface area contributed by atoms with Crippen molar-refractivity contribution < 1.29 is 19.1 Å². The molecule has 0 bridgehead atoms.